The van der Waals surface area contributed by atoms with E-state index in [1.165, 1.54) is 24.2 Å². The molecule has 1 aromatic heterocycles. The number of carbonyl (C=O) groups excluding carboxylic acids is 1. The summed E-state index contributed by atoms with van der Waals surface area (Å²) in [6.45, 7) is 4.27. The van der Waals surface area contributed by atoms with Crippen molar-refractivity contribution in [2.24, 2.45) is 0 Å². The summed E-state index contributed by atoms with van der Waals surface area (Å²) in [5.74, 6) is 0.255. The van der Waals surface area contributed by atoms with Gasteiger partial charge in [-0.1, -0.05) is 24.9 Å². The average Bonchev–Trinajstić information content (AvgIpc) is 2.95. The number of rotatable bonds is 5. The first-order chi connectivity index (χ1) is 8.22. The normalized spacial score (nSPS) is 18.5. The molecule has 1 saturated heterocycles. The van der Waals surface area contributed by atoms with E-state index in [1.807, 2.05) is 12.1 Å². The van der Waals surface area contributed by atoms with E-state index in [-0.39, 0.29) is 11.8 Å². The minimum Gasteiger partial charge on any atom is -0.293 e. The number of carbonyl (C=O) groups is 1. The molecule has 0 spiro atoms. The zero-order valence-electron chi connectivity index (χ0n) is 10.1. The highest BCUT2D eigenvalue weighted by Crippen LogP contribution is 2.26. The van der Waals surface area contributed by atoms with Gasteiger partial charge in [-0.3, -0.25) is 9.69 Å². The number of hydrogen-bond donors (Lipinski definition) is 0. The summed E-state index contributed by atoms with van der Waals surface area (Å²) >= 11 is 7.30. The van der Waals surface area contributed by atoms with Crippen LogP contribution in [0.1, 0.15) is 42.3 Å². The van der Waals surface area contributed by atoms with Gasteiger partial charge in [-0.25, -0.2) is 0 Å². The highest BCUT2D eigenvalue weighted by Gasteiger charge is 2.28. The van der Waals surface area contributed by atoms with Gasteiger partial charge in [0.05, 0.1) is 15.3 Å². The summed E-state index contributed by atoms with van der Waals surface area (Å²) in [6, 6.07) is 3.73. The van der Waals surface area contributed by atoms with E-state index in [0.717, 1.165) is 30.8 Å². The first-order valence-corrected chi connectivity index (χ1v) is 7.45. The smallest absolute Gasteiger partial charge is 0.189 e. The monoisotopic (exact) mass is 271 g/mol. The minimum atomic E-state index is 0.0669. The molecule has 0 radical (unpaired) electrons. The van der Waals surface area contributed by atoms with Gasteiger partial charge in [0, 0.05) is 0 Å². The second kappa shape index (κ2) is 5.98. The lowest BCUT2D eigenvalue weighted by Gasteiger charge is -2.25. The fraction of sp³-hybridized carbons (Fsp3) is 0.615. The second-order valence-electron chi connectivity index (χ2n) is 4.52. The molecule has 2 rings (SSSR count). The third-order valence-corrected chi connectivity index (χ3v) is 4.51. The van der Waals surface area contributed by atoms with Crippen LogP contribution in [0.2, 0.25) is 4.34 Å². The Kier molecular flexibility index (Phi) is 4.60. The number of nitrogens with zero attached hydrogens (tertiary/aromatic N) is 1. The summed E-state index contributed by atoms with van der Waals surface area (Å²) in [7, 11) is 0. The Morgan fingerprint density at radius 1 is 1.47 bits per heavy atom. The maximum atomic E-state index is 12.4. The molecular formula is C13H18ClNOS. The number of likely N-dealkylation sites (tertiary alicyclic amines) is 1. The van der Waals surface area contributed by atoms with E-state index in [9.17, 15) is 4.79 Å². The first-order valence-electron chi connectivity index (χ1n) is 6.26. The molecule has 1 aliphatic rings. The number of ketones is 1. The lowest BCUT2D eigenvalue weighted by Crippen LogP contribution is -2.38. The SMILES string of the molecule is CCCC(C(=O)c1ccc(Cl)s1)N1CCCC1. The number of Topliss-reactive ketones (excluding diaryl/α,β-unsaturated/α-hetero) is 1. The molecule has 2 nitrogen and oxygen atoms in total. The maximum Gasteiger partial charge on any atom is 0.189 e. The van der Waals surface area contributed by atoms with E-state index < -0.39 is 0 Å². The van der Waals surface area contributed by atoms with Gasteiger partial charge in [0.2, 0.25) is 0 Å². The van der Waals surface area contributed by atoms with E-state index in [0.29, 0.717) is 4.34 Å². The van der Waals surface area contributed by atoms with Crippen LogP contribution < -0.4 is 0 Å². The molecule has 2 heterocycles. The van der Waals surface area contributed by atoms with Crippen LogP contribution in [0.5, 0.6) is 0 Å². The van der Waals surface area contributed by atoms with Crippen molar-refractivity contribution in [1.29, 1.82) is 0 Å². The van der Waals surface area contributed by atoms with Crippen molar-refractivity contribution in [1.82, 2.24) is 4.90 Å². The number of halogens is 1. The fourth-order valence-corrected chi connectivity index (χ4v) is 3.45. The van der Waals surface area contributed by atoms with Crippen LogP contribution in [0, 0.1) is 0 Å². The molecule has 1 aromatic rings. The van der Waals surface area contributed by atoms with Gasteiger partial charge < -0.3 is 0 Å². The molecule has 0 N–H and O–H groups in total. The molecule has 0 bridgehead atoms. The van der Waals surface area contributed by atoms with E-state index in [4.69, 9.17) is 11.6 Å². The average molecular weight is 272 g/mol. The third-order valence-electron chi connectivity index (χ3n) is 3.26. The predicted molar refractivity (Wildman–Crippen MR) is 73.2 cm³/mol. The Balaban J connectivity index is 2.12. The topological polar surface area (TPSA) is 20.3 Å². The molecule has 4 heteroatoms. The van der Waals surface area contributed by atoms with Crippen LogP contribution in [-0.2, 0) is 0 Å². The zero-order valence-corrected chi connectivity index (χ0v) is 11.7. The van der Waals surface area contributed by atoms with Gasteiger partial charge in [-0.2, -0.15) is 0 Å². The summed E-state index contributed by atoms with van der Waals surface area (Å²) in [4.78, 5) is 15.6. The summed E-state index contributed by atoms with van der Waals surface area (Å²) in [5, 5.41) is 0. The van der Waals surface area contributed by atoms with Crippen molar-refractivity contribution < 1.29 is 4.79 Å². The molecule has 17 heavy (non-hydrogen) atoms. The van der Waals surface area contributed by atoms with Gasteiger partial charge in [-0.05, 0) is 44.5 Å². The van der Waals surface area contributed by atoms with Gasteiger partial charge in [-0.15, -0.1) is 11.3 Å². The predicted octanol–water partition coefficient (Wildman–Crippen LogP) is 3.85. The quantitative estimate of drug-likeness (QED) is 0.758. The molecule has 94 valence electrons. The summed E-state index contributed by atoms with van der Waals surface area (Å²) < 4.78 is 0.699. The molecular weight excluding hydrogens is 254 g/mol. The summed E-state index contributed by atoms with van der Waals surface area (Å²) in [6.07, 6.45) is 4.44. The van der Waals surface area contributed by atoms with Gasteiger partial charge in [0.25, 0.3) is 0 Å². The zero-order chi connectivity index (χ0) is 12.3. The molecule has 0 aromatic carbocycles. The van der Waals surface area contributed by atoms with Crippen LogP contribution in [0.3, 0.4) is 0 Å². The number of hydrogen-bond acceptors (Lipinski definition) is 3. The molecule has 1 aliphatic heterocycles. The Labute approximate surface area is 112 Å². The lowest BCUT2D eigenvalue weighted by atomic mass is 10.0. The van der Waals surface area contributed by atoms with Crippen molar-refractivity contribution in [2.45, 2.75) is 38.6 Å². The van der Waals surface area contributed by atoms with Crippen LogP contribution in [0.4, 0.5) is 0 Å². The van der Waals surface area contributed by atoms with Crippen LogP contribution in [0.15, 0.2) is 12.1 Å². The van der Waals surface area contributed by atoms with Gasteiger partial charge >= 0.3 is 0 Å². The van der Waals surface area contributed by atoms with Crippen molar-refractivity contribution >= 4 is 28.7 Å². The Morgan fingerprint density at radius 3 is 2.71 bits per heavy atom. The lowest BCUT2D eigenvalue weighted by molar-refractivity contribution is 0.0841. The fourth-order valence-electron chi connectivity index (χ4n) is 2.42. The summed E-state index contributed by atoms with van der Waals surface area (Å²) in [5.41, 5.74) is 0. The van der Waals surface area contributed by atoms with Crippen LogP contribution >= 0.6 is 22.9 Å². The van der Waals surface area contributed by atoms with Gasteiger partial charge in [0.1, 0.15) is 0 Å². The Morgan fingerprint density at radius 2 is 2.18 bits per heavy atom. The highest BCUT2D eigenvalue weighted by molar-refractivity contribution is 7.18. The van der Waals surface area contributed by atoms with Crippen molar-refractivity contribution in [3.8, 4) is 0 Å². The van der Waals surface area contributed by atoms with Crippen LogP contribution in [-0.4, -0.2) is 29.8 Å². The van der Waals surface area contributed by atoms with Gasteiger partial charge in [0.15, 0.2) is 5.78 Å². The van der Waals surface area contributed by atoms with E-state index >= 15 is 0 Å². The van der Waals surface area contributed by atoms with Crippen molar-refractivity contribution in [2.75, 3.05) is 13.1 Å². The standard InChI is InChI=1S/C13H18ClNOS/c1-2-5-10(15-8-3-4-9-15)13(16)11-6-7-12(14)17-11/h6-7,10H,2-5,8-9H2,1H3. The van der Waals surface area contributed by atoms with Crippen molar-refractivity contribution in [3.63, 3.8) is 0 Å². The maximum absolute atomic E-state index is 12.4. The Bertz CT molecular complexity index is 385. The molecule has 0 amide bonds. The van der Waals surface area contributed by atoms with Crippen LogP contribution in [0.25, 0.3) is 0 Å². The molecule has 0 saturated carbocycles. The van der Waals surface area contributed by atoms with Crippen molar-refractivity contribution in [3.05, 3.63) is 21.3 Å². The number of thiophene rings is 1. The molecule has 1 fully saturated rings. The highest BCUT2D eigenvalue weighted by atomic mass is 35.5. The van der Waals surface area contributed by atoms with E-state index in [1.54, 1.807) is 0 Å². The molecule has 1 atom stereocenters. The molecule has 1 unspecified atom stereocenters. The third kappa shape index (κ3) is 3.09. The molecule has 0 aliphatic carbocycles. The Hall–Kier alpha value is -0.380. The van der Waals surface area contributed by atoms with E-state index in [2.05, 4.69) is 11.8 Å². The first kappa shape index (κ1) is 13.1. The minimum absolute atomic E-state index is 0.0669. The largest absolute Gasteiger partial charge is 0.293 e. The second-order valence-corrected chi connectivity index (χ2v) is 6.23.